The molecule has 2 atom stereocenters. The van der Waals surface area contributed by atoms with Crippen LogP contribution in [-0.2, 0) is 11.0 Å². The highest BCUT2D eigenvalue weighted by Gasteiger charge is 2.42. The van der Waals surface area contributed by atoms with Crippen LogP contribution in [0.1, 0.15) is 74.1 Å². The fraction of sp³-hybridized carbons (Fsp3) is 0.500. The molecule has 3 aliphatic rings. The first-order chi connectivity index (χ1) is 15.3. The maximum Gasteiger partial charge on any atom is 0.416 e. The molecule has 0 radical (unpaired) electrons. The van der Waals surface area contributed by atoms with E-state index in [1.54, 1.807) is 13.0 Å². The molecule has 2 unspecified atom stereocenters. The summed E-state index contributed by atoms with van der Waals surface area (Å²) in [5, 5.41) is 3.06. The predicted octanol–water partition coefficient (Wildman–Crippen LogP) is 6.05. The number of rotatable bonds is 3. The number of nitrogens with one attached hydrogen (secondary N) is 1. The Morgan fingerprint density at radius 2 is 1.72 bits per heavy atom. The average molecular weight is 443 g/mol. The second kappa shape index (κ2) is 8.22. The van der Waals surface area contributed by atoms with E-state index in [0.29, 0.717) is 23.6 Å². The van der Waals surface area contributed by atoms with Crippen molar-refractivity contribution in [2.75, 3.05) is 6.54 Å². The molecule has 0 aromatic heterocycles. The van der Waals surface area contributed by atoms with Crippen LogP contribution in [0, 0.1) is 0 Å². The molecule has 2 bridgehead atoms. The number of halogens is 3. The van der Waals surface area contributed by atoms with Gasteiger partial charge < -0.3 is 5.32 Å². The molecular weight excluding hydrogens is 413 g/mol. The van der Waals surface area contributed by atoms with Crippen molar-refractivity contribution in [3.63, 3.8) is 0 Å². The number of fused-ring (bicyclic) bond motifs is 5. The zero-order valence-electron chi connectivity index (χ0n) is 18.3. The molecule has 1 heterocycles. The number of benzene rings is 2. The lowest BCUT2D eigenvalue weighted by Crippen LogP contribution is -2.46. The third-order valence-electron chi connectivity index (χ3n) is 7.63. The van der Waals surface area contributed by atoms with Crippen molar-refractivity contribution < 1.29 is 18.0 Å². The van der Waals surface area contributed by atoms with Crippen LogP contribution in [0.15, 0.2) is 42.5 Å². The first kappa shape index (κ1) is 21.5. The topological polar surface area (TPSA) is 32.3 Å². The van der Waals surface area contributed by atoms with E-state index in [0.717, 1.165) is 56.7 Å². The fourth-order valence-corrected chi connectivity index (χ4v) is 6.14. The lowest BCUT2D eigenvalue weighted by Gasteiger charge is -2.43. The van der Waals surface area contributed by atoms with Crippen molar-refractivity contribution in [1.82, 2.24) is 10.2 Å². The van der Waals surface area contributed by atoms with E-state index in [-0.39, 0.29) is 11.9 Å². The van der Waals surface area contributed by atoms with Gasteiger partial charge in [-0.3, -0.25) is 9.69 Å². The number of nitrogens with zero attached hydrogens (tertiary/aromatic N) is 1. The predicted molar refractivity (Wildman–Crippen MR) is 118 cm³/mol. The quantitative estimate of drug-likeness (QED) is 0.627. The van der Waals surface area contributed by atoms with E-state index < -0.39 is 11.7 Å². The number of hydrogen-bond donors (Lipinski definition) is 1. The summed E-state index contributed by atoms with van der Waals surface area (Å²) < 4.78 is 39.6. The summed E-state index contributed by atoms with van der Waals surface area (Å²) in [5.74, 6) is 0.596. The average Bonchev–Trinajstić information content (AvgIpc) is 3.05. The molecule has 2 fully saturated rings. The van der Waals surface area contributed by atoms with Crippen molar-refractivity contribution in [3.8, 4) is 11.1 Å². The smallest absolute Gasteiger partial charge is 0.354 e. The van der Waals surface area contributed by atoms with Crippen molar-refractivity contribution in [2.24, 2.45) is 0 Å². The standard InChI is InChI=1S/C26H29F3N2O/c1-16(32)30-21-6-8-22(9-7-21)31-12-11-19-15-25(31)24-14-18(5-10-23(19)24)17-3-2-4-20(13-17)26(27,28)29/h2-5,10,13-14,19,21-22,25H,6-9,11-12,15H2,1H3,(H,30,32). The number of hydrogen-bond acceptors (Lipinski definition) is 2. The van der Waals surface area contributed by atoms with E-state index >= 15 is 0 Å². The Bertz CT molecular complexity index is 1010. The van der Waals surface area contributed by atoms with Crippen LogP contribution in [0.3, 0.4) is 0 Å². The van der Waals surface area contributed by atoms with Gasteiger partial charge in [-0.05, 0) is 91.4 Å². The number of amides is 1. The van der Waals surface area contributed by atoms with E-state index in [2.05, 4.69) is 22.3 Å². The number of likely N-dealkylation sites (tertiary alicyclic amines) is 1. The van der Waals surface area contributed by atoms with Crippen LogP contribution < -0.4 is 5.32 Å². The monoisotopic (exact) mass is 442 g/mol. The van der Waals surface area contributed by atoms with Crippen LogP contribution in [-0.4, -0.2) is 29.4 Å². The Balaban J connectivity index is 1.38. The SMILES string of the molecule is CC(=O)NC1CCC(N2CCC3CC2c2cc(-c4cccc(C(F)(F)F)c4)ccc23)CC1. The highest BCUT2D eigenvalue weighted by Crippen LogP contribution is 2.51. The van der Waals surface area contributed by atoms with Crippen molar-refractivity contribution in [3.05, 3.63) is 59.2 Å². The van der Waals surface area contributed by atoms with Crippen molar-refractivity contribution >= 4 is 5.91 Å². The van der Waals surface area contributed by atoms with Crippen LogP contribution in [0.2, 0.25) is 0 Å². The van der Waals surface area contributed by atoms with E-state index in [9.17, 15) is 18.0 Å². The Labute approximate surface area is 187 Å². The molecule has 1 aliphatic heterocycles. The van der Waals surface area contributed by atoms with Crippen molar-refractivity contribution in [2.45, 2.75) is 75.7 Å². The maximum atomic E-state index is 13.2. The Hall–Kier alpha value is -2.34. The van der Waals surface area contributed by atoms with Gasteiger partial charge >= 0.3 is 6.18 Å². The summed E-state index contributed by atoms with van der Waals surface area (Å²) in [6.45, 7) is 2.65. The summed E-state index contributed by atoms with van der Waals surface area (Å²) in [4.78, 5) is 14.0. The molecule has 1 amide bonds. The second-order valence-corrected chi connectivity index (χ2v) is 9.60. The van der Waals surface area contributed by atoms with Gasteiger partial charge in [0.05, 0.1) is 5.56 Å². The zero-order valence-corrected chi connectivity index (χ0v) is 18.3. The normalized spacial score (nSPS) is 27.8. The summed E-state index contributed by atoms with van der Waals surface area (Å²) in [6, 6.07) is 13.0. The van der Waals surface area contributed by atoms with Gasteiger partial charge in [0.2, 0.25) is 5.91 Å². The molecular formula is C26H29F3N2O. The molecule has 170 valence electrons. The lowest BCUT2D eigenvalue weighted by molar-refractivity contribution is -0.137. The minimum atomic E-state index is -4.34. The molecule has 1 saturated heterocycles. The summed E-state index contributed by atoms with van der Waals surface area (Å²) in [6.07, 6.45) is 2.08. The van der Waals surface area contributed by atoms with Crippen LogP contribution in [0.25, 0.3) is 11.1 Å². The minimum absolute atomic E-state index is 0.0427. The molecule has 1 N–H and O–H groups in total. The summed E-state index contributed by atoms with van der Waals surface area (Å²) >= 11 is 0. The van der Waals surface area contributed by atoms with Crippen LogP contribution >= 0.6 is 0 Å². The van der Waals surface area contributed by atoms with Gasteiger partial charge in [-0.1, -0.05) is 24.3 Å². The first-order valence-corrected chi connectivity index (χ1v) is 11.6. The number of alkyl halides is 3. The lowest BCUT2D eigenvalue weighted by atomic mass is 9.87. The molecule has 32 heavy (non-hydrogen) atoms. The van der Waals surface area contributed by atoms with E-state index in [1.165, 1.54) is 23.3 Å². The molecule has 3 nitrogen and oxygen atoms in total. The van der Waals surface area contributed by atoms with Crippen LogP contribution in [0.4, 0.5) is 13.2 Å². The molecule has 1 saturated carbocycles. The molecule has 6 heteroatoms. The third-order valence-corrected chi connectivity index (χ3v) is 7.63. The van der Waals surface area contributed by atoms with Gasteiger partial charge in [0.25, 0.3) is 0 Å². The van der Waals surface area contributed by atoms with Crippen LogP contribution in [0.5, 0.6) is 0 Å². The number of carbonyl (C=O) groups is 1. The highest BCUT2D eigenvalue weighted by molar-refractivity contribution is 5.73. The Kier molecular flexibility index (Phi) is 5.52. The minimum Gasteiger partial charge on any atom is -0.354 e. The third kappa shape index (κ3) is 4.05. The number of piperidine rings is 1. The van der Waals surface area contributed by atoms with E-state index in [1.807, 2.05) is 6.07 Å². The van der Waals surface area contributed by atoms with Gasteiger partial charge in [0.15, 0.2) is 0 Å². The Morgan fingerprint density at radius 1 is 0.969 bits per heavy atom. The fourth-order valence-electron chi connectivity index (χ4n) is 6.14. The largest absolute Gasteiger partial charge is 0.416 e. The second-order valence-electron chi connectivity index (χ2n) is 9.60. The molecule has 2 aliphatic carbocycles. The van der Waals surface area contributed by atoms with Gasteiger partial charge in [-0.15, -0.1) is 0 Å². The van der Waals surface area contributed by atoms with Gasteiger partial charge in [-0.2, -0.15) is 13.2 Å². The van der Waals surface area contributed by atoms with E-state index in [4.69, 9.17) is 0 Å². The molecule has 0 spiro atoms. The maximum absolute atomic E-state index is 13.2. The first-order valence-electron chi connectivity index (χ1n) is 11.6. The zero-order chi connectivity index (χ0) is 22.5. The number of carbonyl (C=O) groups excluding carboxylic acids is 1. The highest BCUT2D eigenvalue weighted by atomic mass is 19.4. The summed E-state index contributed by atoms with van der Waals surface area (Å²) in [5.41, 5.74) is 3.54. The molecule has 5 rings (SSSR count). The van der Waals surface area contributed by atoms with Gasteiger partial charge in [-0.25, -0.2) is 0 Å². The van der Waals surface area contributed by atoms with Crippen molar-refractivity contribution in [1.29, 1.82) is 0 Å². The molecule has 2 aromatic rings. The van der Waals surface area contributed by atoms with Gasteiger partial charge in [0.1, 0.15) is 0 Å². The summed E-state index contributed by atoms with van der Waals surface area (Å²) in [7, 11) is 0. The molecule has 2 aromatic carbocycles. The van der Waals surface area contributed by atoms with Gasteiger partial charge in [0, 0.05) is 25.0 Å². The Morgan fingerprint density at radius 3 is 2.44 bits per heavy atom.